The normalized spacial score (nSPS) is 9.75. The van der Waals surface area contributed by atoms with E-state index in [2.05, 4.69) is 52.6 Å². The standard InChI is InChI=1S/C10H13NO.C10H18O5.C9H12N2O.C9H10O2.C8H9NO2.ClH.I2/c1-7-4-5-9(6-8(7)2)10(12)11-3;1-9(2,3)14-7(11)13-8(12)15-10(4,5)6;1-6-3-4-7(5-8(6)10)9(12)11-2;1-6-3-4-8(9(10)11)5-7(6)2;1-5-2-3-6(8(10)11)4-7(5)9;;1-2/h4-6H,1-3H3,(H,11,12);1-6H3;3-5H,10H2,1-2H3,(H,11,12);3-5H,1-2H3,(H,10,11);2-4H,9H2,1H3,(H,10,11);1H;/p-1. The summed E-state index contributed by atoms with van der Waals surface area (Å²) in [6, 6.07) is 20.7. The minimum atomic E-state index is -1.06. The second-order valence-electron chi connectivity index (χ2n) is 15.5. The van der Waals surface area contributed by atoms with Crippen LogP contribution in [0, 0.1) is 41.5 Å². The number of halogens is 3. The number of nitrogens with two attached hydrogens (primary N) is 2. The molecule has 0 saturated carbocycles. The van der Waals surface area contributed by atoms with Crippen LogP contribution >= 0.6 is 37.2 Å². The molecular formula is C46H62ClI2N4O11-. The third-order valence-corrected chi connectivity index (χ3v) is 7.99. The largest absolute Gasteiger partial charge is 1.00 e. The number of ether oxygens (including phenoxy) is 3. The number of hydrogen-bond donors (Lipinski definition) is 6. The third kappa shape index (κ3) is 27.1. The molecule has 4 rings (SSSR count). The zero-order valence-electron chi connectivity index (χ0n) is 38.8. The summed E-state index contributed by atoms with van der Waals surface area (Å²) in [5.41, 5.74) is 19.2. The summed E-state index contributed by atoms with van der Waals surface area (Å²) in [6.07, 6.45) is -2.12. The number of rotatable bonds is 4. The molecule has 8 N–H and O–H groups in total. The van der Waals surface area contributed by atoms with Gasteiger partial charge in [0.25, 0.3) is 11.8 Å². The van der Waals surface area contributed by atoms with Crippen molar-refractivity contribution < 1.29 is 65.6 Å². The highest BCUT2D eigenvalue weighted by molar-refractivity contribution is 15.0. The molecule has 0 atom stereocenters. The van der Waals surface area contributed by atoms with Crippen LogP contribution in [0.2, 0.25) is 0 Å². The molecule has 64 heavy (non-hydrogen) atoms. The maximum Gasteiger partial charge on any atom is 0.519 e. The minimum absolute atomic E-state index is 0. The lowest BCUT2D eigenvalue weighted by molar-refractivity contribution is -0.0295. The van der Waals surface area contributed by atoms with E-state index in [1.165, 1.54) is 17.7 Å². The van der Waals surface area contributed by atoms with Gasteiger partial charge in [-0.3, -0.25) is 9.59 Å². The number of aryl methyl sites for hydroxylation is 6. The van der Waals surface area contributed by atoms with Gasteiger partial charge in [-0.1, -0.05) is 24.3 Å². The molecular weight excluding hydrogens is 1070 g/mol. The highest BCUT2D eigenvalue weighted by Crippen LogP contribution is 2.15. The topological polar surface area (TPSA) is 247 Å². The van der Waals surface area contributed by atoms with Gasteiger partial charge in [0, 0.05) is 73.8 Å². The third-order valence-electron chi connectivity index (χ3n) is 7.99. The van der Waals surface area contributed by atoms with Crippen LogP contribution in [-0.2, 0) is 14.2 Å². The van der Waals surface area contributed by atoms with Crippen LogP contribution in [0.3, 0.4) is 0 Å². The van der Waals surface area contributed by atoms with Crippen molar-refractivity contribution in [2.45, 2.75) is 94.3 Å². The Bertz CT molecular complexity index is 2020. The van der Waals surface area contributed by atoms with Crippen molar-refractivity contribution in [3.63, 3.8) is 0 Å². The van der Waals surface area contributed by atoms with Gasteiger partial charge in [0.2, 0.25) is 0 Å². The molecule has 0 unspecified atom stereocenters. The van der Waals surface area contributed by atoms with E-state index in [0.29, 0.717) is 22.5 Å². The minimum Gasteiger partial charge on any atom is -1.00 e. The molecule has 0 aromatic heterocycles. The molecule has 0 aliphatic carbocycles. The van der Waals surface area contributed by atoms with E-state index in [-0.39, 0.29) is 29.8 Å². The molecule has 0 radical (unpaired) electrons. The molecule has 0 heterocycles. The Kier molecular flexibility index (Phi) is 30.4. The number of benzene rings is 4. The van der Waals surface area contributed by atoms with Crippen LogP contribution in [0.15, 0.2) is 72.8 Å². The van der Waals surface area contributed by atoms with Crippen molar-refractivity contribution in [1.29, 1.82) is 0 Å². The lowest BCUT2D eigenvalue weighted by Crippen LogP contribution is -3.00. The molecule has 0 spiro atoms. The lowest BCUT2D eigenvalue weighted by Gasteiger charge is -2.20. The average Bonchev–Trinajstić information content (AvgIpc) is 3.18. The quantitative estimate of drug-likeness (QED) is 0.0502. The number of nitrogen functional groups attached to an aromatic ring is 2. The first kappa shape index (κ1) is 63.1. The Morgan fingerprint density at radius 1 is 0.484 bits per heavy atom. The van der Waals surface area contributed by atoms with E-state index in [0.717, 1.165) is 33.4 Å². The van der Waals surface area contributed by atoms with Crippen molar-refractivity contribution >= 4 is 84.7 Å². The Hall–Kier alpha value is -5.15. The highest BCUT2D eigenvalue weighted by atomic mass is 128. The maximum atomic E-state index is 11.2. The van der Waals surface area contributed by atoms with Crippen LogP contribution in [0.1, 0.15) is 116 Å². The van der Waals surface area contributed by atoms with Crippen molar-refractivity contribution in [2.75, 3.05) is 25.6 Å². The van der Waals surface area contributed by atoms with Gasteiger partial charge in [-0.2, -0.15) is 0 Å². The van der Waals surface area contributed by atoms with Gasteiger partial charge in [-0.05, 0) is 165 Å². The predicted molar refractivity (Wildman–Crippen MR) is 265 cm³/mol. The Morgan fingerprint density at radius 2 is 0.750 bits per heavy atom. The van der Waals surface area contributed by atoms with Crippen LogP contribution in [0.5, 0.6) is 0 Å². The number of anilines is 2. The monoisotopic (exact) mass is 1140 g/mol. The number of carbonyl (C=O) groups excluding carboxylic acids is 4. The van der Waals surface area contributed by atoms with Crippen LogP contribution in [0.25, 0.3) is 0 Å². The van der Waals surface area contributed by atoms with E-state index < -0.39 is 35.5 Å². The molecule has 0 aliphatic rings. The summed E-state index contributed by atoms with van der Waals surface area (Å²) < 4.78 is 13.8. The second kappa shape index (κ2) is 30.8. The van der Waals surface area contributed by atoms with Crippen LogP contribution < -0.4 is 34.5 Å². The van der Waals surface area contributed by atoms with Crippen molar-refractivity contribution in [3.05, 3.63) is 128 Å². The Labute approximate surface area is 406 Å². The summed E-state index contributed by atoms with van der Waals surface area (Å²) in [5, 5.41) is 22.3. The summed E-state index contributed by atoms with van der Waals surface area (Å²) in [4.78, 5) is 65.2. The number of nitrogens with one attached hydrogen (secondary N) is 2. The first-order chi connectivity index (χ1) is 29.0. The fourth-order valence-corrected chi connectivity index (χ4v) is 4.21. The first-order valence-electron chi connectivity index (χ1n) is 19.1. The van der Waals surface area contributed by atoms with E-state index in [1.54, 1.807) is 86.0 Å². The molecule has 15 nitrogen and oxygen atoms in total. The highest BCUT2D eigenvalue weighted by Gasteiger charge is 2.24. The number of carboxylic acid groups (broad SMARTS) is 2. The summed E-state index contributed by atoms with van der Waals surface area (Å²) >= 11 is 4.24. The van der Waals surface area contributed by atoms with Gasteiger partial charge in [0.05, 0.1) is 11.1 Å². The Morgan fingerprint density at radius 3 is 1.03 bits per heavy atom. The number of carbonyl (C=O) groups is 6. The summed E-state index contributed by atoms with van der Waals surface area (Å²) in [7, 11) is 3.23. The molecule has 354 valence electrons. The molecule has 0 bridgehead atoms. The fraction of sp³-hybridized carbons (Fsp3) is 0.348. The van der Waals surface area contributed by atoms with E-state index in [4.69, 9.17) is 31.2 Å². The average molecular weight is 1140 g/mol. The fourth-order valence-electron chi connectivity index (χ4n) is 4.21. The van der Waals surface area contributed by atoms with Gasteiger partial charge >= 0.3 is 24.2 Å². The van der Waals surface area contributed by atoms with E-state index >= 15 is 0 Å². The predicted octanol–water partition coefficient (Wildman–Crippen LogP) is 7.53. The van der Waals surface area contributed by atoms with Crippen molar-refractivity contribution in [1.82, 2.24) is 10.6 Å². The smallest absolute Gasteiger partial charge is 0.519 e. The zero-order valence-corrected chi connectivity index (χ0v) is 43.9. The summed E-state index contributed by atoms with van der Waals surface area (Å²) in [6.45, 7) is 21.7. The summed E-state index contributed by atoms with van der Waals surface area (Å²) in [5.74, 6) is -1.95. The van der Waals surface area contributed by atoms with Crippen molar-refractivity contribution in [2.24, 2.45) is 0 Å². The number of hydrogen-bond acceptors (Lipinski definition) is 11. The lowest BCUT2D eigenvalue weighted by atomic mass is 10.1. The number of aromatic carboxylic acids is 2. The van der Waals surface area contributed by atoms with Gasteiger partial charge in [0.1, 0.15) is 11.2 Å². The molecule has 18 heteroatoms. The van der Waals surface area contributed by atoms with Crippen LogP contribution in [0.4, 0.5) is 21.0 Å². The molecule has 0 saturated heterocycles. The molecule has 2 amide bonds. The first-order valence-corrected chi connectivity index (χ1v) is 25.4. The molecule has 0 aliphatic heterocycles. The van der Waals surface area contributed by atoms with E-state index in [1.807, 2.05) is 71.9 Å². The van der Waals surface area contributed by atoms with Crippen molar-refractivity contribution in [3.8, 4) is 0 Å². The molecule has 0 fully saturated rings. The molecule has 4 aromatic carbocycles. The Balaban J connectivity index is -0.000000719. The van der Waals surface area contributed by atoms with E-state index in [9.17, 15) is 28.8 Å². The molecule has 4 aromatic rings. The van der Waals surface area contributed by atoms with Gasteiger partial charge in [-0.15, -0.1) is 0 Å². The number of amides is 2. The van der Waals surface area contributed by atoms with Crippen LogP contribution in [-0.4, -0.2) is 71.6 Å². The van der Waals surface area contributed by atoms with Gasteiger partial charge in [-0.25, -0.2) is 19.2 Å². The second-order valence-corrected chi connectivity index (χ2v) is 15.5. The van der Waals surface area contributed by atoms with Gasteiger partial charge in [0.15, 0.2) is 0 Å². The SMILES string of the molecule is CC(C)(C)OC(=O)OC(=O)OC(C)(C)C.CNC(=O)c1ccc(C)c(C)c1.CNC(=O)c1ccc(C)c(N)c1.Cc1ccc(C(=O)O)cc1C.Cc1ccc(C(=O)O)cc1N.II.[Cl-]. The van der Waals surface area contributed by atoms with Gasteiger partial charge < -0.3 is 58.9 Å². The number of carboxylic acids is 2. The zero-order chi connectivity index (χ0) is 49.4. The maximum absolute atomic E-state index is 11.2.